The Kier molecular flexibility index (Phi) is 8.44. The molecule has 1 N–H and O–H groups in total. The number of rotatable bonds is 9. The van der Waals surface area contributed by atoms with E-state index in [1.807, 2.05) is 31.2 Å². The number of likely N-dealkylation sites (tertiary alicyclic amines) is 1. The lowest BCUT2D eigenvalue weighted by Gasteiger charge is -2.29. The second-order valence-corrected chi connectivity index (χ2v) is 9.30. The van der Waals surface area contributed by atoms with Gasteiger partial charge in [-0.2, -0.15) is 0 Å². The molecule has 2 aromatic rings. The lowest BCUT2D eigenvalue weighted by molar-refractivity contribution is -0.908. The van der Waals surface area contributed by atoms with Crippen molar-refractivity contribution >= 4 is 29.1 Å². The quantitative estimate of drug-likeness (QED) is 0.323. The zero-order valence-corrected chi connectivity index (χ0v) is 20.7. The first kappa shape index (κ1) is 25.2. The molecule has 1 atom stereocenters. The topological polar surface area (TPSA) is 83.3 Å². The van der Waals surface area contributed by atoms with Crippen molar-refractivity contribution < 1.29 is 29.1 Å². The maximum absolute atomic E-state index is 13.5. The first-order valence-electron chi connectivity index (χ1n) is 12.2. The first-order valence-corrected chi connectivity index (χ1v) is 12.5. The van der Waals surface area contributed by atoms with Crippen molar-refractivity contribution in [3.8, 4) is 5.75 Å². The maximum atomic E-state index is 13.5. The van der Waals surface area contributed by atoms with Gasteiger partial charge in [0, 0.05) is 23.6 Å². The summed E-state index contributed by atoms with van der Waals surface area (Å²) in [7, 11) is 0. The highest BCUT2D eigenvalue weighted by atomic mass is 35.5. The van der Waals surface area contributed by atoms with Gasteiger partial charge in [0.25, 0.3) is 5.91 Å². The van der Waals surface area contributed by atoms with Crippen LogP contribution in [0.2, 0.25) is 5.02 Å². The fourth-order valence-electron chi connectivity index (χ4n) is 4.58. The number of carbonyl (C=O) groups excluding carboxylic acids is 2. The fourth-order valence-corrected chi connectivity index (χ4v) is 4.71. The van der Waals surface area contributed by atoms with Crippen molar-refractivity contribution in [3.63, 3.8) is 0 Å². The molecule has 2 saturated heterocycles. The van der Waals surface area contributed by atoms with Crippen molar-refractivity contribution in [1.29, 1.82) is 0 Å². The summed E-state index contributed by atoms with van der Waals surface area (Å²) < 4.78 is 11.1. The number of amides is 1. The summed E-state index contributed by atoms with van der Waals surface area (Å²) in [4.78, 5) is 29.2. The average molecular weight is 499 g/mol. The van der Waals surface area contributed by atoms with Gasteiger partial charge in [0.2, 0.25) is 5.78 Å². The number of quaternary nitrogens is 1. The van der Waals surface area contributed by atoms with E-state index in [4.69, 9.17) is 21.1 Å². The number of carbonyl (C=O) groups is 2. The van der Waals surface area contributed by atoms with Gasteiger partial charge >= 0.3 is 0 Å². The van der Waals surface area contributed by atoms with Gasteiger partial charge in [0.05, 0.1) is 32.4 Å². The summed E-state index contributed by atoms with van der Waals surface area (Å²) in [6.45, 7) is 7.23. The molecule has 35 heavy (non-hydrogen) atoms. The molecule has 2 aliphatic heterocycles. The normalized spacial score (nSPS) is 20.4. The largest absolute Gasteiger partial charge is 0.872 e. The molecule has 1 unspecified atom stereocenters. The Labute approximate surface area is 210 Å². The maximum Gasteiger partial charge on any atom is 0.295 e. The summed E-state index contributed by atoms with van der Waals surface area (Å²) in [5, 5.41) is 13.9. The van der Waals surface area contributed by atoms with Crippen LogP contribution in [0, 0.1) is 0 Å². The number of halogens is 1. The van der Waals surface area contributed by atoms with Crippen LogP contribution < -0.4 is 14.7 Å². The summed E-state index contributed by atoms with van der Waals surface area (Å²) in [5.41, 5.74) is 1.03. The Bertz CT molecular complexity index is 1060. The molecule has 0 radical (unpaired) electrons. The second-order valence-electron chi connectivity index (χ2n) is 8.86. The fraction of sp³-hybridized carbons (Fsp3) is 0.407. The number of hydrogen-bond acceptors (Lipinski definition) is 5. The number of benzene rings is 2. The number of Topliss-reactive ketones (excluding diaryl/α,β-unsaturated/α-hetero) is 1. The molecule has 0 aliphatic carbocycles. The standard InChI is InChI=1S/C27H31ClN2O5/c1-2-16-35-22-10-6-19(7-11-22)24-23(25(31)20-4-8-21(28)9-5-20)26(32)27(33)30(24)13-3-12-29-14-17-34-18-15-29/h4-11,24,31H,2-3,12-18H2,1H3/b25-23+. The van der Waals surface area contributed by atoms with Gasteiger partial charge in [-0.25, -0.2) is 0 Å². The summed E-state index contributed by atoms with van der Waals surface area (Å²) in [6, 6.07) is 12.9. The molecular weight excluding hydrogens is 468 g/mol. The number of nitrogens with one attached hydrogen (secondary N) is 1. The van der Waals surface area contributed by atoms with Crippen LogP contribution in [0.4, 0.5) is 0 Å². The highest BCUT2D eigenvalue weighted by molar-refractivity contribution is 6.46. The molecule has 4 rings (SSSR count). The zero-order chi connectivity index (χ0) is 24.8. The number of hydrogen-bond donors (Lipinski definition) is 1. The van der Waals surface area contributed by atoms with Crippen molar-refractivity contribution in [2.75, 3.05) is 46.0 Å². The number of morpholine rings is 1. The Balaban J connectivity index is 1.64. The third-order valence-corrected chi connectivity index (χ3v) is 6.69. The van der Waals surface area contributed by atoms with Gasteiger partial charge in [-0.1, -0.05) is 48.5 Å². The van der Waals surface area contributed by atoms with Crippen LogP contribution in [0.15, 0.2) is 54.1 Å². The minimum atomic E-state index is -0.738. The van der Waals surface area contributed by atoms with E-state index >= 15 is 0 Å². The molecule has 186 valence electrons. The molecule has 2 heterocycles. The SMILES string of the molecule is CCCOc1ccc(C2/C(=C(\[O-])c3ccc(Cl)cc3)C(=O)C(=O)N2CCC[NH+]2CCOCC2)cc1. The van der Waals surface area contributed by atoms with E-state index in [2.05, 4.69) is 0 Å². The highest BCUT2D eigenvalue weighted by Gasteiger charge is 2.44. The van der Waals surface area contributed by atoms with E-state index in [-0.39, 0.29) is 5.57 Å². The predicted octanol–water partition coefficient (Wildman–Crippen LogP) is 1.66. The van der Waals surface area contributed by atoms with Crippen LogP contribution in [-0.4, -0.2) is 62.6 Å². The Morgan fingerprint density at radius 3 is 2.46 bits per heavy atom. The van der Waals surface area contributed by atoms with Crippen LogP contribution in [0.25, 0.3) is 5.76 Å². The Morgan fingerprint density at radius 1 is 1.11 bits per heavy atom. The van der Waals surface area contributed by atoms with Crippen LogP contribution >= 0.6 is 11.6 Å². The van der Waals surface area contributed by atoms with Crippen molar-refractivity contribution in [2.24, 2.45) is 0 Å². The molecule has 1 amide bonds. The molecule has 0 spiro atoms. The molecule has 0 saturated carbocycles. The van der Waals surface area contributed by atoms with Gasteiger partial charge in [-0.3, -0.25) is 9.59 Å². The van der Waals surface area contributed by atoms with Crippen LogP contribution in [0.3, 0.4) is 0 Å². The van der Waals surface area contributed by atoms with Gasteiger partial charge < -0.3 is 24.4 Å². The molecule has 7 nitrogen and oxygen atoms in total. The van der Waals surface area contributed by atoms with E-state index in [9.17, 15) is 14.7 Å². The molecule has 8 heteroatoms. The molecule has 2 fully saturated rings. The lowest BCUT2D eigenvalue weighted by atomic mass is 9.95. The van der Waals surface area contributed by atoms with E-state index in [0.29, 0.717) is 35.1 Å². The zero-order valence-electron chi connectivity index (χ0n) is 19.9. The van der Waals surface area contributed by atoms with Gasteiger partial charge in [-0.05, 0) is 41.8 Å². The highest BCUT2D eigenvalue weighted by Crippen LogP contribution is 2.39. The lowest BCUT2D eigenvalue weighted by Crippen LogP contribution is -3.14. The van der Waals surface area contributed by atoms with Gasteiger partial charge in [0.15, 0.2) is 0 Å². The minimum absolute atomic E-state index is 0.0155. The van der Waals surface area contributed by atoms with Crippen LogP contribution in [0.1, 0.15) is 36.9 Å². The molecular formula is C27H31ClN2O5. The predicted molar refractivity (Wildman–Crippen MR) is 131 cm³/mol. The summed E-state index contributed by atoms with van der Waals surface area (Å²) in [5.74, 6) is -1.10. The molecule has 2 aliphatic rings. The Morgan fingerprint density at radius 2 is 1.80 bits per heavy atom. The first-order chi connectivity index (χ1) is 17.0. The van der Waals surface area contributed by atoms with Crippen molar-refractivity contribution in [1.82, 2.24) is 4.90 Å². The second kappa shape index (κ2) is 11.7. The number of nitrogens with zero attached hydrogens (tertiary/aromatic N) is 1. The number of ether oxygens (including phenoxy) is 2. The summed E-state index contributed by atoms with van der Waals surface area (Å²) in [6.07, 6.45) is 1.62. The molecule has 0 aromatic heterocycles. The van der Waals surface area contributed by atoms with E-state index in [1.54, 1.807) is 29.2 Å². The monoisotopic (exact) mass is 498 g/mol. The average Bonchev–Trinajstić information content (AvgIpc) is 3.13. The Hall–Kier alpha value is -2.87. The third kappa shape index (κ3) is 5.86. The van der Waals surface area contributed by atoms with Crippen LogP contribution in [0.5, 0.6) is 5.75 Å². The van der Waals surface area contributed by atoms with Crippen molar-refractivity contribution in [2.45, 2.75) is 25.8 Å². The van der Waals surface area contributed by atoms with E-state index in [0.717, 1.165) is 45.7 Å². The van der Waals surface area contributed by atoms with Crippen LogP contribution in [-0.2, 0) is 14.3 Å². The van der Waals surface area contributed by atoms with Gasteiger partial charge in [0.1, 0.15) is 18.8 Å². The van der Waals surface area contributed by atoms with Gasteiger partial charge in [-0.15, -0.1) is 0 Å². The van der Waals surface area contributed by atoms with E-state index in [1.165, 1.54) is 4.90 Å². The molecule has 0 bridgehead atoms. The number of ketones is 1. The third-order valence-electron chi connectivity index (χ3n) is 6.43. The van der Waals surface area contributed by atoms with Crippen molar-refractivity contribution in [3.05, 3.63) is 70.3 Å². The smallest absolute Gasteiger partial charge is 0.295 e. The van der Waals surface area contributed by atoms with E-state index < -0.39 is 23.5 Å². The molecule has 2 aromatic carbocycles. The summed E-state index contributed by atoms with van der Waals surface area (Å²) >= 11 is 5.98. The minimum Gasteiger partial charge on any atom is -0.872 e.